The van der Waals surface area contributed by atoms with E-state index >= 15 is 0 Å². The second-order valence-corrected chi connectivity index (χ2v) is 4.40. The topological polar surface area (TPSA) is 61.0 Å². The number of imidazole rings is 1. The van der Waals surface area contributed by atoms with Gasteiger partial charge in [-0.2, -0.15) is 13.2 Å². The van der Waals surface area contributed by atoms with Crippen LogP contribution in [0.5, 0.6) is 0 Å². The summed E-state index contributed by atoms with van der Waals surface area (Å²) < 4.78 is 37.7. The second-order valence-electron chi connectivity index (χ2n) is 4.40. The summed E-state index contributed by atoms with van der Waals surface area (Å²) in [4.78, 5) is 20.0. The molecular formula is C13H13F3N4O. The van der Waals surface area contributed by atoms with Gasteiger partial charge in [0, 0.05) is 25.1 Å². The van der Waals surface area contributed by atoms with E-state index < -0.39 is 17.8 Å². The monoisotopic (exact) mass is 298 g/mol. The molecule has 2 N–H and O–H groups in total. The minimum atomic E-state index is -4.44. The van der Waals surface area contributed by atoms with E-state index in [0.717, 1.165) is 12.1 Å². The standard InChI is InChI=1S/C13H13F3N4O/c1-20(8-11-17-5-6-18-11)12(21)19-10-4-2-3-9(7-10)13(14,15)16/h2-7H,8H2,1H3,(H,17,18)(H,19,21). The molecule has 112 valence electrons. The van der Waals surface area contributed by atoms with Crippen molar-refractivity contribution in [3.63, 3.8) is 0 Å². The van der Waals surface area contributed by atoms with Crippen molar-refractivity contribution in [3.8, 4) is 0 Å². The van der Waals surface area contributed by atoms with Crippen LogP contribution < -0.4 is 5.32 Å². The number of nitrogens with zero attached hydrogens (tertiary/aromatic N) is 2. The molecule has 0 bridgehead atoms. The average molecular weight is 298 g/mol. The first-order chi connectivity index (χ1) is 9.86. The highest BCUT2D eigenvalue weighted by molar-refractivity contribution is 5.89. The molecule has 2 amide bonds. The lowest BCUT2D eigenvalue weighted by atomic mass is 10.2. The molecule has 0 atom stereocenters. The first-order valence-corrected chi connectivity index (χ1v) is 6.04. The highest BCUT2D eigenvalue weighted by Crippen LogP contribution is 2.30. The summed E-state index contributed by atoms with van der Waals surface area (Å²) in [5, 5.41) is 2.41. The van der Waals surface area contributed by atoms with Gasteiger partial charge in [0.25, 0.3) is 0 Å². The van der Waals surface area contributed by atoms with Gasteiger partial charge in [0.1, 0.15) is 5.82 Å². The van der Waals surface area contributed by atoms with Crippen molar-refractivity contribution in [2.24, 2.45) is 0 Å². The largest absolute Gasteiger partial charge is 0.416 e. The highest BCUT2D eigenvalue weighted by Gasteiger charge is 2.30. The molecule has 1 heterocycles. The third-order valence-electron chi connectivity index (χ3n) is 2.73. The van der Waals surface area contributed by atoms with E-state index in [4.69, 9.17) is 0 Å². The second kappa shape index (κ2) is 5.86. The smallest absolute Gasteiger partial charge is 0.347 e. The molecule has 1 aromatic carbocycles. The van der Waals surface area contributed by atoms with Crippen molar-refractivity contribution in [2.75, 3.05) is 12.4 Å². The molecular weight excluding hydrogens is 285 g/mol. The van der Waals surface area contributed by atoms with Gasteiger partial charge in [0.05, 0.1) is 12.1 Å². The van der Waals surface area contributed by atoms with Crippen molar-refractivity contribution < 1.29 is 18.0 Å². The molecule has 0 aliphatic rings. The zero-order valence-electron chi connectivity index (χ0n) is 11.1. The summed E-state index contributed by atoms with van der Waals surface area (Å²) in [6.45, 7) is 0.220. The molecule has 0 fully saturated rings. The molecule has 2 rings (SSSR count). The Bertz CT molecular complexity index is 610. The van der Waals surface area contributed by atoms with Gasteiger partial charge in [-0.3, -0.25) is 0 Å². The Hall–Kier alpha value is -2.51. The molecule has 0 aliphatic carbocycles. The van der Waals surface area contributed by atoms with Crippen LogP contribution in [0.4, 0.5) is 23.7 Å². The van der Waals surface area contributed by atoms with Crippen LogP contribution in [0.3, 0.4) is 0 Å². The van der Waals surface area contributed by atoms with Gasteiger partial charge < -0.3 is 15.2 Å². The number of alkyl halides is 3. The van der Waals surface area contributed by atoms with Crippen LogP contribution in [-0.2, 0) is 12.7 Å². The van der Waals surface area contributed by atoms with Crippen LogP contribution in [0.25, 0.3) is 0 Å². The Labute approximate surface area is 118 Å². The van der Waals surface area contributed by atoms with E-state index in [1.165, 1.54) is 24.1 Å². The number of carbonyl (C=O) groups excluding carboxylic acids is 1. The Balaban J connectivity index is 2.02. The predicted octanol–water partition coefficient (Wildman–Crippen LogP) is 3.09. The lowest BCUT2D eigenvalue weighted by molar-refractivity contribution is -0.137. The number of halogens is 3. The summed E-state index contributed by atoms with van der Waals surface area (Å²) in [5.74, 6) is 0.580. The number of benzene rings is 1. The van der Waals surface area contributed by atoms with Crippen LogP contribution in [0.15, 0.2) is 36.7 Å². The number of nitrogens with one attached hydrogen (secondary N) is 2. The Kier molecular flexibility index (Phi) is 4.15. The third-order valence-corrected chi connectivity index (χ3v) is 2.73. The number of H-pyrrole nitrogens is 1. The van der Waals surface area contributed by atoms with Gasteiger partial charge in [-0.05, 0) is 18.2 Å². The molecule has 1 aromatic heterocycles. The highest BCUT2D eigenvalue weighted by atomic mass is 19.4. The molecule has 5 nitrogen and oxygen atoms in total. The summed E-state index contributed by atoms with van der Waals surface area (Å²) in [6, 6.07) is 3.95. The maximum absolute atomic E-state index is 12.6. The van der Waals surface area contributed by atoms with Crippen LogP contribution in [-0.4, -0.2) is 27.9 Å². The number of aromatic amines is 1. The van der Waals surface area contributed by atoms with Crippen molar-refractivity contribution in [1.82, 2.24) is 14.9 Å². The first kappa shape index (κ1) is 14.9. The van der Waals surface area contributed by atoms with Crippen LogP contribution in [0.1, 0.15) is 11.4 Å². The van der Waals surface area contributed by atoms with Gasteiger partial charge in [-0.1, -0.05) is 6.07 Å². The van der Waals surface area contributed by atoms with Crippen molar-refractivity contribution in [3.05, 3.63) is 48.0 Å². The maximum Gasteiger partial charge on any atom is 0.416 e. The maximum atomic E-state index is 12.6. The normalized spacial score (nSPS) is 11.2. The lowest BCUT2D eigenvalue weighted by Crippen LogP contribution is -2.31. The molecule has 8 heteroatoms. The van der Waals surface area contributed by atoms with Gasteiger partial charge in [-0.15, -0.1) is 0 Å². The summed E-state index contributed by atoms with van der Waals surface area (Å²) >= 11 is 0. The molecule has 21 heavy (non-hydrogen) atoms. The van der Waals surface area contributed by atoms with Gasteiger partial charge in [-0.25, -0.2) is 9.78 Å². The number of rotatable bonds is 3. The minimum absolute atomic E-state index is 0.0844. The first-order valence-electron chi connectivity index (χ1n) is 6.04. The number of aromatic nitrogens is 2. The van der Waals surface area contributed by atoms with Gasteiger partial charge >= 0.3 is 12.2 Å². The van der Waals surface area contributed by atoms with Crippen LogP contribution in [0, 0.1) is 0 Å². The Morgan fingerprint density at radius 3 is 2.81 bits per heavy atom. The Morgan fingerprint density at radius 1 is 1.43 bits per heavy atom. The molecule has 0 aliphatic heterocycles. The number of amides is 2. The number of urea groups is 1. The molecule has 2 aromatic rings. The molecule has 0 saturated carbocycles. The number of hydrogen-bond donors (Lipinski definition) is 2. The van der Waals surface area contributed by atoms with Crippen LogP contribution in [0.2, 0.25) is 0 Å². The van der Waals surface area contributed by atoms with Crippen molar-refractivity contribution >= 4 is 11.7 Å². The number of anilines is 1. The third kappa shape index (κ3) is 3.98. The van der Waals surface area contributed by atoms with E-state index in [2.05, 4.69) is 15.3 Å². The zero-order valence-corrected chi connectivity index (χ0v) is 11.1. The number of carbonyl (C=O) groups is 1. The average Bonchev–Trinajstić information content (AvgIpc) is 2.91. The van der Waals surface area contributed by atoms with E-state index in [1.54, 1.807) is 12.4 Å². The fourth-order valence-electron chi connectivity index (χ4n) is 1.67. The van der Waals surface area contributed by atoms with E-state index in [0.29, 0.717) is 5.82 Å². The van der Waals surface area contributed by atoms with E-state index in [-0.39, 0.29) is 12.2 Å². The lowest BCUT2D eigenvalue weighted by Gasteiger charge is -2.17. The quantitative estimate of drug-likeness (QED) is 0.914. The van der Waals surface area contributed by atoms with Gasteiger partial charge in [0.15, 0.2) is 0 Å². The van der Waals surface area contributed by atoms with Gasteiger partial charge in [0.2, 0.25) is 0 Å². The fourth-order valence-corrected chi connectivity index (χ4v) is 1.67. The summed E-state index contributed by atoms with van der Waals surface area (Å²) in [6.07, 6.45) is -1.28. The molecule has 0 saturated heterocycles. The predicted molar refractivity (Wildman–Crippen MR) is 70.5 cm³/mol. The van der Waals surface area contributed by atoms with E-state index in [9.17, 15) is 18.0 Å². The van der Waals surface area contributed by atoms with Crippen molar-refractivity contribution in [2.45, 2.75) is 12.7 Å². The molecule has 0 radical (unpaired) electrons. The summed E-state index contributed by atoms with van der Waals surface area (Å²) in [5.41, 5.74) is -0.727. The molecule has 0 spiro atoms. The van der Waals surface area contributed by atoms with E-state index in [1.807, 2.05) is 0 Å². The SMILES string of the molecule is CN(Cc1ncc[nH]1)C(=O)Nc1cccc(C(F)(F)F)c1. The van der Waals surface area contributed by atoms with Crippen LogP contribution >= 0.6 is 0 Å². The number of hydrogen-bond acceptors (Lipinski definition) is 2. The summed E-state index contributed by atoms with van der Waals surface area (Å²) in [7, 11) is 1.52. The fraction of sp³-hybridized carbons (Fsp3) is 0.231. The van der Waals surface area contributed by atoms with Crippen molar-refractivity contribution in [1.29, 1.82) is 0 Å². The molecule has 0 unspecified atom stereocenters. The Morgan fingerprint density at radius 2 is 2.19 bits per heavy atom. The minimum Gasteiger partial charge on any atom is -0.347 e. The zero-order chi connectivity index (χ0) is 15.5.